The summed E-state index contributed by atoms with van der Waals surface area (Å²) < 4.78 is 17.0. The number of aromatic nitrogens is 1. The third-order valence-corrected chi connectivity index (χ3v) is 7.48. The largest absolute Gasteiger partial charge is 0.507 e. The van der Waals surface area contributed by atoms with Gasteiger partial charge in [-0.25, -0.2) is 4.98 Å². The minimum Gasteiger partial charge on any atom is -0.507 e. The summed E-state index contributed by atoms with van der Waals surface area (Å²) in [7, 11) is 0. The first-order chi connectivity index (χ1) is 18.3. The van der Waals surface area contributed by atoms with E-state index in [2.05, 4.69) is 4.98 Å². The quantitative estimate of drug-likeness (QED) is 0.198. The molecular weight excluding hydrogens is 508 g/mol. The predicted molar refractivity (Wildman–Crippen MR) is 141 cm³/mol. The first-order valence-corrected chi connectivity index (χ1v) is 13.0. The highest BCUT2D eigenvalue weighted by Crippen LogP contribution is 2.45. The molecule has 2 aliphatic rings. The molecule has 2 aromatic carbocycles. The minimum atomic E-state index is -1.00. The van der Waals surface area contributed by atoms with Crippen molar-refractivity contribution in [2.75, 3.05) is 24.7 Å². The van der Waals surface area contributed by atoms with Crippen molar-refractivity contribution >= 4 is 39.7 Å². The van der Waals surface area contributed by atoms with E-state index in [9.17, 15) is 19.5 Å². The maximum Gasteiger partial charge on any atom is 0.301 e. The molecular formula is C28H26N2O7S. The highest BCUT2D eigenvalue weighted by Gasteiger charge is 2.48. The third-order valence-electron chi connectivity index (χ3n) is 6.22. The first kappa shape index (κ1) is 25.5. The summed E-state index contributed by atoms with van der Waals surface area (Å²) in [6, 6.07) is 10.9. The summed E-state index contributed by atoms with van der Waals surface area (Å²) in [5.41, 5.74) is 1.21. The van der Waals surface area contributed by atoms with Gasteiger partial charge in [0.1, 0.15) is 24.7 Å². The maximum absolute atomic E-state index is 13.5. The summed E-state index contributed by atoms with van der Waals surface area (Å²) in [6.45, 7) is 6.35. The van der Waals surface area contributed by atoms with Crippen LogP contribution in [0.3, 0.4) is 0 Å². The van der Waals surface area contributed by atoms with E-state index in [0.717, 1.165) is 17.8 Å². The Kier molecular flexibility index (Phi) is 6.90. The van der Waals surface area contributed by atoms with Crippen molar-refractivity contribution < 1.29 is 33.7 Å². The molecule has 38 heavy (non-hydrogen) atoms. The lowest BCUT2D eigenvalue weighted by Gasteiger charge is -2.24. The Labute approximate surface area is 223 Å². The summed E-state index contributed by atoms with van der Waals surface area (Å²) in [6.07, 6.45) is 0.805. The van der Waals surface area contributed by atoms with Gasteiger partial charge in [-0.15, -0.1) is 0 Å². The molecule has 10 heteroatoms. The van der Waals surface area contributed by atoms with E-state index in [1.54, 1.807) is 49.4 Å². The second-order valence-corrected chi connectivity index (χ2v) is 9.89. The van der Waals surface area contributed by atoms with E-state index in [1.165, 1.54) is 11.8 Å². The minimum absolute atomic E-state index is 0.100. The summed E-state index contributed by atoms with van der Waals surface area (Å²) >= 11 is 1.04. The SMILES string of the molecule is CCCOc1cccc([C@H]2/C(=C(\O)c3ccc4c(c3)OCCO4)C(=O)C(=O)N2c2nc(C)c(C(C)=O)s2)c1. The van der Waals surface area contributed by atoms with Gasteiger partial charge in [0.15, 0.2) is 22.4 Å². The van der Waals surface area contributed by atoms with E-state index >= 15 is 0 Å². The van der Waals surface area contributed by atoms with Gasteiger partial charge in [0.05, 0.1) is 28.8 Å². The van der Waals surface area contributed by atoms with E-state index < -0.39 is 17.7 Å². The fourth-order valence-electron chi connectivity index (χ4n) is 4.50. The van der Waals surface area contributed by atoms with Gasteiger partial charge < -0.3 is 19.3 Å². The fourth-order valence-corrected chi connectivity index (χ4v) is 5.49. The zero-order chi connectivity index (χ0) is 27.0. The fraction of sp³-hybridized carbons (Fsp3) is 0.286. The first-order valence-electron chi connectivity index (χ1n) is 12.2. The molecule has 0 saturated carbocycles. The number of rotatable bonds is 7. The van der Waals surface area contributed by atoms with Crippen LogP contribution >= 0.6 is 11.3 Å². The van der Waals surface area contributed by atoms with Crippen LogP contribution in [0.5, 0.6) is 17.2 Å². The van der Waals surface area contributed by atoms with Crippen molar-refractivity contribution in [1.82, 2.24) is 4.98 Å². The highest BCUT2D eigenvalue weighted by molar-refractivity contribution is 7.18. The topological polar surface area (TPSA) is 115 Å². The number of hydrogen-bond donors (Lipinski definition) is 1. The van der Waals surface area contributed by atoms with Crippen LogP contribution in [-0.2, 0) is 9.59 Å². The number of fused-ring (bicyclic) bond motifs is 1. The molecule has 0 spiro atoms. The Morgan fingerprint density at radius 1 is 1.16 bits per heavy atom. The van der Waals surface area contributed by atoms with Gasteiger partial charge in [0, 0.05) is 12.5 Å². The van der Waals surface area contributed by atoms with Crippen molar-refractivity contribution in [2.45, 2.75) is 33.2 Å². The lowest BCUT2D eigenvalue weighted by Crippen LogP contribution is -2.29. The number of nitrogens with zero attached hydrogens (tertiary/aromatic N) is 2. The Bertz CT molecular complexity index is 1480. The second kappa shape index (κ2) is 10.3. The van der Waals surface area contributed by atoms with Crippen LogP contribution in [0.2, 0.25) is 0 Å². The maximum atomic E-state index is 13.5. The second-order valence-electron chi connectivity index (χ2n) is 8.92. The molecule has 0 unspecified atom stereocenters. The van der Waals surface area contributed by atoms with E-state index in [0.29, 0.717) is 58.8 Å². The number of ketones is 2. The Hall–Kier alpha value is -4.18. The Morgan fingerprint density at radius 3 is 2.63 bits per heavy atom. The number of carbonyl (C=O) groups excluding carboxylic acids is 3. The molecule has 0 radical (unpaired) electrons. The van der Waals surface area contributed by atoms with Crippen molar-refractivity contribution in [3.8, 4) is 17.2 Å². The Balaban J connectivity index is 1.68. The van der Waals surface area contributed by atoms with E-state index in [-0.39, 0.29) is 22.2 Å². The lowest BCUT2D eigenvalue weighted by molar-refractivity contribution is -0.132. The molecule has 3 heterocycles. The molecule has 1 amide bonds. The molecule has 0 aliphatic carbocycles. The predicted octanol–water partition coefficient (Wildman–Crippen LogP) is 4.84. The number of ether oxygens (including phenoxy) is 3. The van der Waals surface area contributed by atoms with E-state index in [4.69, 9.17) is 14.2 Å². The highest BCUT2D eigenvalue weighted by atomic mass is 32.1. The summed E-state index contributed by atoms with van der Waals surface area (Å²) in [5.74, 6) is -0.729. The molecule has 2 aliphatic heterocycles. The molecule has 1 aromatic heterocycles. The van der Waals surface area contributed by atoms with Gasteiger partial charge in [-0.2, -0.15) is 0 Å². The average molecular weight is 535 g/mol. The lowest BCUT2D eigenvalue weighted by atomic mass is 9.95. The average Bonchev–Trinajstić information content (AvgIpc) is 3.43. The Morgan fingerprint density at radius 2 is 1.92 bits per heavy atom. The number of aryl methyl sites for hydroxylation is 1. The van der Waals surface area contributed by atoms with Crippen LogP contribution in [0.4, 0.5) is 5.13 Å². The standard InChI is InChI=1S/C28H26N2O7S/c1-4-10-35-19-7-5-6-17(13-19)23-22(24(32)18-8-9-20-21(14-18)37-12-11-36-20)25(33)27(34)30(23)28-29-15(2)26(38-28)16(3)31/h5-9,13-14,23,32H,4,10-12H2,1-3H3/b24-22+/t23-/m0/s1. The van der Waals surface area contributed by atoms with Gasteiger partial charge >= 0.3 is 5.91 Å². The van der Waals surface area contributed by atoms with Crippen LogP contribution in [0, 0.1) is 6.92 Å². The van der Waals surface area contributed by atoms with Crippen LogP contribution in [0.25, 0.3) is 5.76 Å². The van der Waals surface area contributed by atoms with Gasteiger partial charge in [-0.1, -0.05) is 30.4 Å². The van der Waals surface area contributed by atoms with Crippen molar-refractivity contribution in [3.63, 3.8) is 0 Å². The molecule has 1 fully saturated rings. The molecule has 3 aromatic rings. The van der Waals surface area contributed by atoms with Crippen LogP contribution < -0.4 is 19.1 Å². The van der Waals surface area contributed by atoms with Crippen LogP contribution in [-0.4, -0.2) is 47.4 Å². The van der Waals surface area contributed by atoms with Crippen LogP contribution in [0.1, 0.15) is 52.8 Å². The zero-order valence-electron chi connectivity index (χ0n) is 21.1. The molecule has 9 nitrogen and oxygen atoms in total. The summed E-state index contributed by atoms with van der Waals surface area (Å²) in [4.78, 5) is 45.1. The third kappa shape index (κ3) is 4.51. The number of hydrogen-bond acceptors (Lipinski definition) is 9. The summed E-state index contributed by atoms with van der Waals surface area (Å²) in [5, 5.41) is 11.6. The molecule has 5 rings (SSSR count). The molecule has 1 atom stereocenters. The van der Waals surface area contributed by atoms with Gasteiger partial charge in [0.2, 0.25) is 0 Å². The number of aliphatic hydroxyl groups excluding tert-OH is 1. The van der Waals surface area contributed by atoms with E-state index in [1.807, 2.05) is 6.92 Å². The number of thiazole rings is 1. The number of amides is 1. The van der Waals surface area contributed by atoms with Gasteiger partial charge in [-0.3, -0.25) is 19.3 Å². The van der Waals surface area contributed by atoms with Crippen LogP contribution in [0.15, 0.2) is 48.0 Å². The number of carbonyl (C=O) groups is 3. The van der Waals surface area contributed by atoms with Crippen molar-refractivity contribution in [1.29, 1.82) is 0 Å². The van der Waals surface area contributed by atoms with Crippen molar-refractivity contribution in [3.05, 3.63) is 69.7 Å². The monoisotopic (exact) mass is 534 g/mol. The molecule has 0 bridgehead atoms. The smallest absolute Gasteiger partial charge is 0.301 e. The van der Waals surface area contributed by atoms with Crippen molar-refractivity contribution in [2.24, 2.45) is 0 Å². The molecule has 1 saturated heterocycles. The number of benzene rings is 2. The molecule has 196 valence electrons. The number of Topliss-reactive ketones (excluding diaryl/α,β-unsaturated/α-hetero) is 2. The normalized spacial score (nSPS) is 18.1. The number of anilines is 1. The zero-order valence-corrected chi connectivity index (χ0v) is 22.0. The van der Waals surface area contributed by atoms with Gasteiger partial charge in [-0.05, 0) is 49.2 Å². The molecule has 1 N–H and O–H groups in total. The van der Waals surface area contributed by atoms with Gasteiger partial charge in [0.25, 0.3) is 5.78 Å². The number of aliphatic hydroxyl groups is 1.